The summed E-state index contributed by atoms with van der Waals surface area (Å²) < 4.78 is 0. The van der Waals surface area contributed by atoms with Gasteiger partial charge in [0.2, 0.25) is 0 Å². The van der Waals surface area contributed by atoms with Gasteiger partial charge in [-0.15, -0.1) is 0 Å². The van der Waals surface area contributed by atoms with Crippen LogP contribution >= 0.6 is 11.8 Å². The molecule has 4 heteroatoms. The van der Waals surface area contributed by atoms with Gasteiger partial charge in [-0.2, -0.15) is 11.8 Å². The van der Waals surface area contributed by atoms with E-state index in [1.165, 1.54) is 12.2 Å². The van der Waals surface area contributed by atoms with E-state index in [0.717, 1.165) is 11.3 Å². The number of aromatic nitrogens is 1. The lowest BCUT2D eigenvalue weighted by Crippen LogP contribution is -2.30. The third-order valence-corrected chi connectivity index (χ3v) is 3.53. The van der Waals surface area contributed by atoms with E-state index in [4.69, 9.17) is 5.73 Å². The van der Waals surface area contributed by atoms with Crippen molar-refractivity contribution in [2.75, 3.05) is 24.0 Å². The molecule has 90 valence electrons. The van der Waals surface area contributed by atoms with Gasteiger partial charge in [0.25, 0.3) is 0 Å². The molecule has 0 fully saturated rings. The van der Waals surface area contributed by atoms with E-state index < -0.39 is 0 Å². The van der Waals surface area contributed by atoms with Gasteiger partial charge in [-0.05, 0) is 37.0 Å². The van der Waals surface area contributed by atoms with Gasteiger partial charge in [-0.3, -0.25) is 4.98 Å². The molecule has 0 aliphatic carbocycles. The zero-order chi connectivity index (χ0) is 12.0. The fraction of sp³-hybridized carbons (Fsp3) is 0.583. The molecule has 1 rings (SSSR count). The van der Waals surface area contributed by atoms with E-state index in [0.29, 0.717) is 12.6 Å². The van der Waals surface area contributed by atoms with Crippen molar-refractivity contribution in [3.8, 4) is 0 Å². The van der Waals surface area contributed by atoms with Crippen LogP contribution < -0.4 is 10.6 Å². The van der Waals surface area contributed by atoms with Crippen LogP contribution in [0.5, 0.6) is 0 Å². The third kappa shape index (κ3) is 3.39. The van der Waals surface area contributed by atoms with Gasteiger partial charge < -0.3 is 10.6 Å². The van der Waals surface area contributed by atoms with Crippen molar-refractivity contribution in [2.24, 2.45) is 5.73 Å². The van der Waals surface area contributed by atoms with Gasteiger partial charge in [0.05, 0.1) is 11.9 Å². The highest BCUT2D eigenvalue weighted by molar-refractivity contribution is 7.98. The van der Waals surface area contributed by atoms with Crippen LogP contribution in [0.25, 0.3) is 0 Å². The number of pyridine rings is 1. The lowest BCUT2D eigenvalue weighted by Gasteiger charge is -2.28. The Labute approximate surface area is 102 Å². The smallest absolute Gasteiger partial charge is 0.0598 e. The summed E-state index contributed by atoms with van der Waals surface area (Å²) in [6, 6.07) is 2.51. The van der Waals surface area contributed by atoms with Crippen LogP contribution in [0.4, 0.5) is 5.69 Å². The van der Waals surface area contributed by atoms with Crippen molar-refractivity contribution < 1.29 is 0 Å². The van der Waals surface area contributed by atoms with Gasteiger partial charge in [0.1, 0.15) is 0 Å². The zero-order valence-corrected chi connectivity index (χ0v) is 11.1. The van der Waals surface area contributed by atoms with Gasteiger partial charge in [-0.25, -0.2) is 0 Å². The van der Waals surface area contributed by atoms with Crippen LogP contribution in [-0.4, -0.2) is 30.1 Å². The Morgan fingerprint density at radius 3 is 2.94 bits per heavy atom. The summed E-state index contributed by atoms with van der Waals surface area (Å²) in [6.07, 6.45) is 7.02. The average Bonchev–Trinajstić information content (AvgIpc) is 2.34. The second-order valence-electron chi connectivity index (χ2n) is 3.95. The Balaban J connectivity index is 2.74. The molecule has 1 atom stereocenters. The SMILES string of the molecule is CSCCC(C)N(C)c1cnccc1CN. The topological polar surface area (TPSA) is 42.2 Å². The van der Waals surface area contributed by atoms with Crippen molar-refractivity contribution in [3.63, 3.8) is 0 Å². The second-order valence-corrected chi connectivity index (χ2v) is 4.94. The summed E-state index contributed by atoms with van der Waals surface area (Å²) in [5.41, 5.74) is 8.04. The van der Waals surface area contributed by atoms with Gasteiger partial charge in [0.15, 0.2) is 0 Å². The first kappa shape index (κ1) is 13.3. The number of nitrogens with zero attached hydrogens (tertiary/aromatic N) is 2. The van der Waals surface area contributed by atoms with E-state index >= 15 is 0 Å². The number of hydrogen-bond acceptors (Lipinski definition) is 4. The first-order valence-electron chi connectivity index (χ1n) is 5.55. The lowest BCUT2D eigenvalue weighted by molar-refractivity contribution is 0.665. The van der Waals surface area contributed by atoms with E-state index in [1.54, 1.807) is 6.20 Å². The molecule has 0 bridgehead atoms. The highest BCUT2D eigenvalue weighted by Gasteiger charge is 2.12. The van der Waals surface area contributed by atoms with E-state index in [9.17, 15) is 0 Å². The summed E-state index contributed by atoms with van der Waals surface area (Å²) in [6.45, 7) is 2.81. The van der Waals surface area contributed by atoms with Crippen LogP contribution in [0.3, 0.4) is 0 Å². The lowest BCUT2D eigenvalue weighted by atomic mass is 10.1. The van der Waals surface area contributed by atoms with E-state index in [-0.39, 0.29) is 0 Å². The van der Waals surface area contributed by atoms with Gasteiger partial charge >= 0.3 is 0 Å². The molecule has 1 unspecified atom stereocenters. The molecule has 1 aromatic rings. The molecule has 16 heavy (non-hydrogen) atoms. The highest BCUT2D eigenvalue weighted by atomic mass is 32.2. The minimum Gasteiger partial charge on any atom is -0.370 e. The Morgan fingerprint density at radius 1 is 1.56 bits per heavy atom. The first-order valence-corrected chi connectivity index (χ1v) is 6.94. The summed E-state index contributed by atoms with van der Waals surface area (Å²) in [7, 11) is 2.11. The Bertz CT molecular complexity index is 317. The first-order chi connectivity index (χ1) is 7.70. The zero-order valence-electron chi connectivity index (χ0n) is 10.3. The minimum absolute atomic E-state index is 0.516. The maximum absolute atomic E-state index is 5.73. The summed E-state index contributed by atoms with van der Waals surface area (Å²) >= 11 is 1.89. The number of rotatable bonds is 6. The maximum Gasteiger partial charge on any atom is 0.0598 e. The number of nitrogens with two attached hydrogens (primary N) is 1. The minimum atomic E-state index is 0.516. The molecule has 0 spiro atoms. The highest BCUT2D eigenvalue weighted by Crippen LogP contribution is 2.20. The van der Waals surface area contributed by atoms with Crippen molar-refractivity contribution >= 4 is 17.4 Å². The molecule has 2 N–H and O–H groups in total. The van der Waals surface area contributed by atoms with Crippen molar-refractivity contribution in [2.45, 2.75) is 25.9 Å². The molecular weight excluding hydrogens is 218 g/mol. The van der Waals surface area contributed by atoms with E-state index in [1.807, 2.05) is 24.0 Å². The number of anilines is 1. The predicted molar refractivity (Wildman–Crippen MR) is 73.0 cm³/mol. The van der Waals surface area contributed by atoms with E-state index in [2.05, 4.69) is 30.1 Å². The molecule has 0 aliphatic rings. The van der Waals surface area contributed by atoms with Crippen LogP contribution in [0.15, 0.2) is 18.5 Å². The summed E-state index contributed by atoms with van der Waals surface area (Å²) in [5, 5.41) is 0. The van der Waals surface area contributed by atoms with Crippen molar-refractivity contribution in [1.29, 1.82) is 0 Å². The molecule has 0 aliphatic heterocycles. The monoisotopic (exact) mass is 239 g/mol. The van der Waals surface area contributed by atoms with Gasteiger partial charge in [0, 0.05) is 25.8 Å². The Morgan fingerprint density at radius 2 is 2.31 bits per heavy atom. The number of thioether (sulfide) groups is 1. The Kier molecular flexibility index (Phi) is 5.63. The van der Waals surface area contributed by atoms with Crippen molar-refractivity contribution in [1.82, 2.24) is 4.98 Å². The van der Waals surface area contributed by atoms with Crippen LogP contribution in [0.2, 0.25) is 0 Å². The number of hydrogen-bond donors (Lipinski definition) is 1. The fourth-order valence-electron chi connectivity index (χ4n) is 1.62. The summed E-state index contributed by atoms with van der Waals surface area (Å²) in [5.74, 6) is 1.18. The molecule has 0 saturated heterocycles. The maximum atomic E-state index is 5.73. The quantitative estimate of drug-likeness (QED) is 0.825. The molecule has 0 radical (unpaired) electrons. The fourth-order valence-corrected chi connectivity index (χ4v) is 2.20. The Hall–Kier alpha value is -0.740. The second kappa shape index (κ2) is 6.76. The molecule has 0 saturated carbocycles. The van der Waals surface area contributed by atoms with Crippen LogP contribution in [0, 0.1) is 0 Å². The summed E-state index contributed by atoms with van der Waals surface area (Å²) in [4.78, 5) is 6.44. The van der Waals surface area contributed by atoms with Crippen LogP contribution in [-0.2, 0) is 6.54 Å². The average molecular weight is 239 g/mol. The normalized spacial score (nSPS) is 12.5. The standard InChI is InChI=1S/C12H21N3S/c1-10(5-7-16-3)15(2)12-9-14-6-4-11(12)8-13/h4,6,9-10H,5,7-8,13H2,1-3H3. The third-order valence-electron chi connectivity index (χ3n) is 2.89. The van der Waals surface area contributed by atoms with Gasteiger partial charge in [-0.1, -0.05) is 0 Å². The molecular formula is C12H21N3S. The predicted octanol–water partition coefficient (Wildman–Crippen LogP) is 2.12. The molecule has 0 amide bonds. The molecule has 1 aromatic heterocycles. The molecule has 3 nitrogen and oxygen atoms in total. The van der Waals surface area contributed by atoms with Crippen molar-refractivity contribution in [3.05, 3.63) is 24.0 Å². The molecule has 1 heterocycles. The van der Waals surface area contributed by atoms with Crippen LogP contribution in [0.1, 0.15) is 18.9 Å². The molecule has 0 aromatic carbocycles. The largest absolute Gasteiger partial charge is 0.370 e.